The van der Waals surface area contributed by atoms with E-state index in [0.29, 0.717) is 24.2 Å². The summed E-state index contributed by atoms with van der Waals surface area (Å²) >= 11 is 0. The third-order valence-electron chi connectivity index (χ3n) is 5.00. The van der Waals surface area contributed by atoms with Gasteiger partial charge in [0.1, 0.15) is 5.69 Å². The normalized spacial score (nSPS) is 13.3. The fourth-order valence-corrected chi connectivity index (χ4v) is 3.20. The molecule has 9 nitrogen and oxygen atoms in total. The van der Waals surface area contributed by atoms with Gasteiger partial charge in [0.25, 0.3) is 11.6 Å². The molecule has 2 amide bonds. The molecule has 2 aromatic rings. The van der Waals surface area contributed by atoms with Gasteiger partial charge in [0.05, 0.1) is 10.5 Å². The van der Waals surface area contributed by atoms with Crippen molar-refractivity contribution >= 4 is 34.8 Å². The fraction of sp³-hybridized carbons (Fsp3) is 0.286. The maximum Gasteiger partial charge on any atom is 0.338 e. The minimum Gasteiger partial charge on any atom is -0.452 e. The van der Waals surface area contributed by atoms with E-state index in [9.17, 15) is 24.5 Å². The maximum atomic E-state index is 12.2. The van der Waals surface area contributed by atoms with Crippen molar-refractivity contribution in [2.24, 2.45) is 0 Å². The summed E-state index contributed by atoms with van der Waals surface area (Å²) in [6.45, 7) is 3.49. The molecule has 9 heteroatoms. The maximum absolute atomic E-state index is 12.2. The minimum atomic E-state index is -0.708. The molecule has 0 saturated carbocycles. The first kappa shape index (κ1) is 21.0. The Labute approximate surface area is 172 Å². The molecule has 0 aliphatic carbocycles. The number of carbonyl (C=O) groups excluding carboxylic acids is 3. The van der Waals surface area contributed by atoms with E-state index in [0.717, 1.165) is 12.0 Å². The Balaban J connectivity index is 1.61. The number of nitro groups is 1. The van der Waals surface area contributed by atoms with Crippen LogP contribution in [0.15, 0.2) is 36.4 Å². The number of nitrogens with zero attached hydrogens (tertiary/aromatic N) is 2. The number of aryl methyl sites for hydroxylation is 1. The molecule has 0 aromatic heterocycles. The Morgan fingerprint density at radius 3 is 2.47 bits per heavy atom. The molecule has 0 unspecified atom stereocenters. The van der Waals surface area contributed by atoms with Crippen LogP contribution in [0, 0.1) is 24.0 Å². The van der Waals surface area contributed by atoms with Gasteiger partial charge in [0.2, 0.25) is 5.91 Å². The predicted octanol–water partition coefficient (Wildman–Crippen LogP) is 3.13. The highest BCUT2D eigenvalue weighted by Gasteiger charge is 2.22. The van der Waals surface area contributed by atoms with Gasteiger partial charge in [-0.2, -0.15) is 0 Å². The fourth-order valence-electron chi connectivity index (χ4n) is 3.20. The molecule has 1 saturated heterocycles. The second-order valence-corrected chi connectivity index (χ2v) is 6.98. The molecule has 1 N–H and O–H groups in total. The summed E-state index contributed by atoms with van der Waals surface area (Å²) in [7, 11) is 0. The first-order chi connectivity index (χ1) is 14.3. The van der Waals surface area contributed by atoms with Gasteiger partial charge < -0.3 is 15.0 Å². The van der Waals surface area contributed by atoms with Crippen molar-refractivity contribution in [1.29, 1.82) is 0 Å². The Morgan fingerprint density at radius 2 is 1.87 bits per heavy atom. The lowest BCUT2D eigenvalue weighted by Crippen LogP contribution is -2.24. The summed E-state index contributed by atoms with van der Waals surface area (Å²) in [6, 6.07) is 9.27. The van der Waals surface area contributed by atoms with Crippen molar-refractivity contribution in [3.8, 4) is 0 Å². The zero-order chi connectivity index (χ0) is 21.8. The average Bonchev–Trinajstić information content (AvgIpc) is 3.15. The van der Waals surface area contributed by atoms with Crippen LogP contribution < -0.4 is 10.2 Å². The molecule has 2 aromatic carbocycles. The van der Waals surface area contributed by atoms with Crippen LogP contribution >= 0.6 is 0 Å². The first-order valence-electron chi connectivity index (χ1n) is 9.40. The van der Waals surface area contributed by atoms with Gasteiger partial charge in [-0.1, -0.05) is 6.07 Å². The molecule has 0 atom stereocenters. The number of anilines is 2. The molecular weight excluding hydrogens is 390 g/mol. The van der Waals surface area contributed by atoms with Crippen LogP contribution in [0.25, 0.3) is 0 Å². The molecule has 1 aliphatic heterocycles. The molecule has 1 aliphatic rings. The molecule has 30 heavy (non-hydrogen) atoms. The van der Waals surface area contributed by atoms with Crippen molar-refractivity contribution in [3.05, 3.63) is 63.2 Å². The first-order valence-corrected chi connectivity index (χ1v) is 9.40. The lowest BCUT2D eigenvalue weighted by atomic mass is 10.1. The van der Waals surface area contributed by atoms with Crippen LogP contribution in [0.2, 0.25) is 0 Å². The van der Waals surface area contributed by atoms with E-state index >= 15 is 0 Å². The molecule has 0 spiro atoms. The number of hydrogen-bond donors (Lipinski definition) is 1. The minimum absolute atomic E-state index is 0.0440. The van der Waals surface area contributed by atoms with Gasteiger partial charge in [-0.15, -0.1) is 0 Å². The topological polar surface area (TPSA) is 119 Å². The molecule has 3 rings (SSSR count). The van der Waals surface area contributed by atoms with E-state index in [1.807, 2.05) is 0 Å². The standard InChI is InChI=1S/C21H21N3O6/c1-13-5-10-17(24(28)29)20(14(13)2)22-18(25)12-30-21(27)15-6-8-16(9-7-15)23-11-3-4-19(23)26/h5-10H,3-4,11-12H2,1-2H3,(H,22,25). The summed E-state index contributed by atoms with van der Waals surface area (Å²) in [6.07, 6.45) is 1.31. The van der Waals surface area contributed by atoms with Crippen molar-refractivity contribution in [3.63, 3.8) is 0 Å². The predicted molar refractivity (Wildman–Crippen MR) is 110 cm³/mol. The van der Waals surface area contributed by atoms with Crippen LogP contribution in [-0.4, -0.2) is 35.9 Å². The summed E-state index contributed by atoms with van der Waals surface area (Å²) in [5.41, 5.74) is 2.14. The van der Waals surface area contributed by atoms with Gasteiger partial charge in [0, 0.05) is 24.7 Å². The van der Waals surface area contributed by atoms with E-state index in [2.05, 4.69) is 5.32 Å². The van der Waals surface area contributed by atoms with Gasteiger partial charge in [-0.3, -0.25) is 19.7 Å². The Morgan fingerprint density at radius 1 is 1.17 bits per heavy atom. The van der Waals surface area contributed by atoms with Crippen molar-refractivity contribution in [2.45, 2.75) is 26.7 Å². The van der Waals surface area contributed by atoms with Crippen LogP contribution in [-0.2, 0) is 14.3 Å². The van der Waals surface area contributed by atoms with Crippen LogP contribution in [0.4, 0.5) is 17.1 Å². The number of amides is 2. The molecule has 1 heterocycles. The zero-order valence-corrected chi connectivity index (χ0v) is 16.6. The second-order valence-electron chi connectivity index (χ2n) is 6.98. The number of carbonyl (C=O) groups is 3. The number of nitrogens with one attached hydrogen (secondary N) is 1. The monoisotopic (exact) mass is 411 g/mol. The number of esters is 1. The van der Waals surface area contributed by atoms with Crippen LogP contribution in [0.1, 0.15) is 34.3 Å². The highest BCUT2D eigenvalue weighted by molar-refractivity contribution is 5.98. The second kappa shape index (κ2) is 8.73. The van der Waals surface area contributed by atoms with Crippen LogP contribution in [0.3, 0.4) is 0 Å². The third kappa shape index (κ3) is 4.45. The largest absolute Gasteiger partial charge is 0.452 e. The lowest BCUT2D eigenvalue weighted by molar-refractivity contribution is -0.384. The summed E-state index contributed by atoms with van der Waals surface area (Å²) < 4.78 is 5.02. The molecule has 0 radical (unpaired) electrons. The number of nitro benzene ring substituents is 1. The number of benzene rings is 2. The quantitative estimate of drug-likeness (QED) is 0.443. The van der Waals surface area contributed by atoms with E-state index in [4.69, 9.17) is 4.74 Å². The highest BCUT2D eigenvalue weighted by atomic mass is 16.6. The van der Waals surface area contributed by atoms with E-state index in [-0.39, 0.29) is 22.8 Å². The van der Waals surface area contributed by atoms with Gasteiger partial charge in [-0.25, -0.2) is 4.79 Å². The van der Waals surface area contributed by atoms with E-state index in [1.165, 1.54) is 18.2 Å². The molecule has 1 fully saturated rings. The average molecular weight is 411 g/mol. The van der Waals surface area contributed by atoms with Crippen molar-refractivity contribution in [1.82, 2.24) is 0 Å². The smallest absolute Gasteiger partial charge is 0.338 e. The van der Waals surface area contributed by atoms with Gasteiger partial charge in [-0.05, 0) is 55.7 Å². The molecule has 0 bridgehead atoms. The highest BCUT2D eigenvalue weighted by Crippen LogP contribution is 2.30. The summed E-state index contributed by atoms with van der Waals surface area (Å²) in [5.74, 6) is -1.35. The van der Waals surface area contributed by atoms with E-state index < -0.39 is 23.4 Å². The van der Waals surface area contributed by atoms with Crippen LogP contribution in [0.5, 0.6) is 0 Å². The van der Waals surface area contributed by atoms with Gasteiger partial charge in [0.15, 0.2) is 6.61 Å². The lowest BCUT2D eigenvalue weighted by Gasteiger charge is -2.15. The van der Waals surface area contributed by atoms with E-state index in [1.54, 1.807) is 36.9 Å². The van der Waals surface area contributed by atoms with Gasteiger partial charge >= 0.3 is 5.97 Å². The zero-order valence-electron chi connectivity index (χ0n) is 16.6. The Kier molecular flexibility index (Phi) is 6.10. The van der Waals surface area contributed by atoms with Crippen molar-refractivity contribution in [2.75, 3.05) is 23.4 Å². The number of rotatable bonds is 6. The summed E-state index contributed by atoms with van der Waals surface area (Å²) in [4.78, 5) is 48.5. The Hall–Kier alpha value is -3.75. The molecule has 156 valence electrons. The number of hydrogen-bond acceptors (Lipinski definition) is 6. The third-order valence-corrected chi connectivity index (χ3v) is 5.00. The number of ether oxygens (including phenoxy) is 1. The van der Waals surface area contributed by atoms with Crippen molar-refractivity contribution < 1.29 is 24.0 Å². The SMILES string of the molecule is Cc1ccc([N+](=O)[O-])c(NC(=O)COC(=O)c2ccc(N3CCCC3=O)cc2)c1C. The molecular formula is C21H21N3O6. The summed E-state index contributed by atoms with van der Waals surface area (Å²) in [5, 5.41) is 13.7. The Bertz CT molecular complexity index is 1020.